The lowest BCUT2D eigenvalue weighted by molar-refractivity contribution is -0.122. The summed E-state index contributed by atoms with van der Waals surface area (Å²) < 4.78 is 0. The van der Waals surface area contributed by atoms with Crippen molar-refractivity contribution >= 4 is 28.9 Å². The molecule has 0 spiro atoms. The number of anilines is 2. The van der Waals surface area contributed by atoms with Crippen molar-refractivity contribution in [3.8, 4) is 0 Å². The number of nitrogens with zero attached hydrogens (tertiary/aromatic N) is 1. The predicted molar refractivity (Wildman–Crippen MR) is 74.6 cm³/mol. The van der Waals surface area contributed by atoms with E-state index in [-0.39, 0.29) is 11.8 Å². The van der Waals surface area contributed by atoms with Gasteiger partial charge in [-0.05, 0) is 31.9 Å². The average molecular weight is 268 g/mol. The van der Waals surface area contributed by atoms with Crippen LogP contribution in [-0.4, -0.2) is 18.5 Å². The summed E-state index contributed by atoms with van der Waals surface area (Å²) in [5, 5.41) is 0.542. The zero-order valence-electron chi connectivity index (χ0n) is 10.4. The molecule has 2 rings (SSSR count). The molecule has 0 saturated carbocycles. The van der Waals surface area contributed by atoms with E-state index in [1.165, 1.54) is 0 Å². The number of rotatable bonds is 2. The van der Waals surface area contributed by atoms with Gasteiger partial charge >= 0.3 is 0 Å². The number of hydrogen-bond acceptors (Lipinski definition) is 3. The van der Waals surface area contributed by atoms with Crippen LogP contribution in [0.3, 0.4) is 0 Å². The van der Waals surface area contributed by atoms with Crippen LogP contribution >= 0.6 is 11.6 Å². The standard InChI is InChI=1S/C13H18ClN3O/c1-8-5-6-9(13(16)18)7-17(8)11-4-2-3-10(14)12(11)15/h2-4,8-9H,5-7,15H2,1H3,(H2,16,18). The molecule has 0 bridgehead atoms. The lowest BCUT2D eigenvalue weighted by atomic mass is 9.92. The maximum Gasteiger partial charge on any atom is 0.222 e. The highest BCUT2D eigenvalue weighted by Gasteiger charge is 2.29. The number of piperidine rings is 1. The minimum Gasteiger partial charge on any atom is -0.396 e. The molecule has 2 unspecified atom stereocenters. The number of carbonyl (C=O) groups is 1. The number of halogens is 1. The van der Waals surface area contributed by atoms with E-state index < -0.39 is 0 Å². The van der Waals surface area contributed by atoms with Gasteiger partial charge in [0, 0.05) is 12.6 Å². The third-order valence-electron chi connectivity index (χ3n) is 3.62. The predicted octanol–water partition coefficient (Wildman–Crippen LogP) is 2.01. The first kappa shape index (κ1) is 13.0. The van der Waals surface area contributed by atoms with Gasteiger partial charge in [0.2, 0.25) is 5.91 Å². The second-order valence-corrected chi connectivity index (χ2v) is 5.26. The molecule has 1 aromatic carbocycles. The van der Waals surface area contributed by atoms with Crippen molar-refractivity contribution in [1.29, 1.82) is 0 Å². The zero-order valence-corrected chi connectivity index (χ0v) is 11.2. The van der Waals surface area contributed by atoms with Crippen LogP contribution in [0.1, 0.15) is 19.8 Å². The molecule has 2 atom stereocenters. The number of para-hydroxylation sites is 1. The number of nitrogens with two attached hydrogens (primary N) is 2. The van der Waals surface area contributed by atoms with E-state index in [0.29, 0.717) is 23.3 Å². The largest absolute Gasteiger partial charge is 0.396 e. The lowest BCUT2D eigenvalue weighted by Crippen LogP contribution is -2.46. The number of benzene rings is 1. The quantitative estimate of drug-likeness (QED) is 0.805. The highest BCUT2D eigenvalue weighted by atomic mass is 35.5. The molecule has 0 radical (unpaired) electrons. The van der Waals surface area contributed by atoms with Crippen LogP contribution in [0, 0.1) is 5.92 Å². The molecule has 1 aromatic rings. The molecular weight excluding hydrogens is 250 g/mol. The molecule has 1 heterocycles. The van der Waals surface area contributed by atoms with Crippen molar-refractivity contribution in [3.63, 3.8) is 0 Å². The Kier molecular flexibility index (Phi) is 3.66. The van der Waals surface area contributed by atoms with Crippen molar-refractivity contribution < 1.29 is 4.79 Å². The molecule has 0 aliphatic carbocycles. The van der Waals surface area contributed by atoms with E-state index in [4.69, 9.17) is 23.1 Å². The van der Waals surface area contributed by atoms with Crippen LogP contribution in [0.25, 0.3) is 0 Å². The highest BCUT2D eigenvalue weighted by Crippen LogP contribution is 2.35. The van der Waals surface area contributed by atoms with Gasteiger partial charge in [0.05, 0.1) is 22.3 Å². The van der Waals surface area contributed by atoms with Crippen LogP contribution < -0.4 is 16.4 Å². The van der Waals surface area contributed by atoms with Gasteiger partial charge in [-0.3, -0.25) is 4.79 Å². The molecular formula is C13H18ClN3O. The van der Waals surface area contributed by atoms with Crippen molar-refractivity contribution in [3.05, 3.63) is 23.2 Å². The zero-order chi connectivity index (χ0) is 13.3. The summed E-state index contributed by atoms with van der Waals surface area (Å²) in [7, 11) is 0. The molecule has 98 valence electrons. The minimum atomic E-state index is -0.243. The van der Waals surface area contributed by atoms with Gasteiger partial charge in [-0.1, -0.05) is 17.7 Å². The Morgan fingerprint density at radius 1 is 1.44 bits per heavy atom. The second-order valence-electron chi connectivity index (χ2n) is 4.85. The Bertz CT molecular complexity index is 464. The first-order valence-corrected chi connectivity index (χ1v) is 6.48. The van der Waals surface area contributed by atoms with Crippen molar-refractivity contribution in [1.82, 2.24) is 0 Å². The first-order valence-electron chi connectivity index (χ1n) is 6.10. The maximum atomic E-state index is 11.3. The smallest absolute Gasteiger partial charge is 0.222 e. The average Bonchev–Trinajstić information content (AvgIpc) is 2.33. The number of nitrogen functional groups attached to an aromatic ring is 1. The topological polar surface area (TPSA) is 72.4 Å². The van der Waals surface area contributed by atoms with Gasteiger partial charge in [-0.2, -0.15) is 0 Å². The van der Waals surface area contributed by atoms with E-state index in [9.17, 15) is 4.79 Å². The fourth-order valence-corrected chi connectivity index (χ4v) is 2.62. The normalized spacial score (nSPS) is 24.0. The van der Waals surface area contributed by atoms with Gasteiger partial charge < -0.3 is 16.4 Å². The molecule has 4 nitrogen and oxygen atoms in total. The minimum absolute atomic E-state index is 0.111. The van der Waals surface area contributed by atoms with Gasteiger partial charge in [0.1, 0.15) is 0 Å². The third kappa shape index (κ3) is 2.38. The van der Waals surface area contributed by atoms with Crippen LogP contribution in [0.15, 0.2) is 18.2 Å². The summed E-state index contributed by atoms with van der Waals surface area (Å²) in [6.45, 7) is 2.73. The summed E-state index contributed by atoms with van der Waals surface area (Å²) >= 11 is 6.04. The first-order chi connectivity index (χ1) is 8.50. The van der Waals surface area contributed by atoms with Gasteiger partial charge in [0.25, 0.3) is 0 Å². The SMILES string of the molecule is CC1CCC(C(N)=O)CN1c1cccc(Cl)c1N. The van der Waals surface area contributed by atoms with Crippen molar-refractivity contribution in [2.45, 2.75) is 25.8 Å². The van der Waals surface area contributed by atoms with Gasteiger partial charge in [-0.15, -0.1) is 0 Å². The fourth-order valence-electron chi connectivity index (χ4n) is 2.45. The van der Waals surface area contributed by atoms with Crippen LogP contribution in [0.2, 0.25) is 5.02 Å². The van der Waals surface area contributed by atoms with Crippen molar-refractivity contribution in [2.75, 3.05) is 17.2 Å². The lowest BCUT2D eigenvalue weighted by Gasteiger charge is -2.39. The van der Waals surface area contributed by atoms with E-state index in [2.05, 4.69) is 11.8 Å². The number of amides is 1. The third-order valence-corrected chi connectivity index (χ3v) is 3.95. The Morgan fingerprint density at radius 3 is 2.83 bits per heavy atom. The van der Waals surface area contributed by atoms with Crippen LogP contribution in [0.5, 0.6) is 0 Å². The number of carbonyl (C=O) groups excluding carboxylic acids is 1. The van der Waals surface area contributed by atoms with E-state index in [0.717, 1.165) is 18.5 Å². The van der Waals surface area contributed by atoms with Crippen LogP contribution in [-0.2, 0) is 4.79 Å². The fraction of sp³-hybridized carbons (Fsp3) is 0.462. The molecule has 1 saturated heterocycles. The van der Waals surface area contributed by atoms with E-state index >= 15 is 0 Å². The highest BCUT2D eigenvalue weighted by molar-refractivity contribution is 6.33. The molecule has 1 amide bonds. The Morgan fingerprint density at radius 2 is 2.17 bits per heavy atom. The molecule has 4 N–H and O–H groups in total. The summed E-state index contributed by atoms with van der Waals surface area (Å²) in [6.07, 6.45) is 1.77. The van der Waals surface area contributed by atoms with E-state index in [1.807, 2.05) is 12.1 Å². The summed E-state index contributed by atoms with van der Waals surface area (Å²) in [5.74, 6) is -0.355. The van der Waals surface area contributed by atoms with Crippen LogP contribution in [0.4, 0.5) is 11.4 Å². The second kappa shape index (κ2) is 5.06. The molecule has 1 fully saturated rings. The number of primary amides is 1. The molecule has 5 heteroatoms. The molecule has 1 aliphatic heterocycles. The van der Waals surface area contributed by atoms with E-state index in [1.54, 1.807) is 6.07 Å². The Labute approximate surface area is 112 Å². The Hall–Kier alpha value is -1.42. The molecule has 18 heavy (non-hydrogen) atoms. The summed E-state index contributed by atoms with van der Waals surface area (Å²) in [6, 6.07) is 5.90. The maximum absolute atomic E-state index is 11.3. The Balaban J connectivity index is 2.30. The van der Waals surface area contributed by atoms with Gasteiger partial charge in [-0.25, -0.2) is 0 Å². The number of hydrogen-bond donors (Lipinski definition) is 2. The van der Waals surface area contributed by atoms with Gasteiger partial charge in [0.15, 0.2) is 0 Å². The monoisotopic (exact) mass is 267 g/mol. The summed E-state index contributed by atoms with van der Waals surface area (Å²) in [4.78, 5) is 13.5. The van der Waals surface area contributed by atoms with Crippen molar-refractivity contribution in [2.24, 2.45) is 11.7 Å². The summed E-state index contributed by atoms with van der Waals surface area (Å²) in [5.41, 5.74) is 12.9. The molecule has 1 aliphatic rings. The molecule has 0 aromatic heterocycles.